The zero-order chi connectivity index (χ0) is 22.2. The number of rotatable bonds is 7. The molecular formula is C18H24ClN7O4S. The summed E-state index contributed by atoms with van der Waals surface area (Å²) in [5, 5.41) is 10.7. The molecule has 168 valence electrons. The number of nitrogens with one attached hydrogen (secondary N) is 2. The summed E-state index contributed by atoms with van der Waals surface area (Å²) in [5.41, 5.74) is 1.13. The van der Waals surface area contributed by atoms with Crippen LogP contribution in [0.2, 0.25) is 5.02 Å². The average molecular weight is 470 g/mol. The number of anilines is 3. The Morgan fingerprint density at radius 1 is 1.35 bits per heavy atom. The van der Waals surface area contributed by atoms with Crippen molar-refractivity contribution in [3.8, 4) is 0 Å². The Kier molecular flexibility index (Phi) is 6.15. The lowest BCUT2D eigenvalue weighted by molar-refractivity contribution is 0.0759. The third-order valence-electron chi connectivity index (χ3n) is 4.73. The van der Waals surface area contributed by atoms with Crippen molar-refractivity contribution in [1.29, 1.82) is 0 Å². The molecule has 0 saturated carbocycles. The van der Waals surface area contributed by atoms with Crippen LogP contribution in [0.3, 0.4) is 0 Å². The first-order chi connectivity index (χ1) is 14.7. The third-order valence-corrected chi connectivity index (χ3v) is 6.61. The van der Waals surface area contributed by atoms with E-state index in [0.29, 0.717) is 29.1 Å². The SMILES string of the molecule is CC(C)CS(=O)(=O)/N=C1/COC2C1OC[C@H]2Nc1nc(Nc2cnn(C)c2)ncc1Cl. The van der Waals surface area contributed by atoms with Gasteiger partial charge in [-0.25, -0.2) is 13.4 Å². The summed E-state index contributed by atoms with van der Waals surface area (Å²) in [6, 6.07) is -0.274. The van der Waals surface area contributed by atoms with Gasteiger partial charge in [-0.2, -0.15) is 14.5 Å². The molecule has 2 aliphatic heterocycles. The predicted molar refractivity (Wildman–Crippen MR) is 116 cm³/mol. The number of nitrogens with zero attached hydrogens (tertiary/aromatic N) is 5. The van der Waals surface area contributed by atoms with E-state index in [1.807, 2.05) is 20.9 Å². The van der Waals surface area contributed by atoms with Gasteiger partial charge in [0.1, 0.15) is 17.2 Å². The van der Waals surface area contributed by atoms with Gasteiger partial charge in [-0.15, -0.1) is 0 Å². The van der Waals surface area contributed by atoms with Crippen LogP contribution in [0.1, 0.15) is 13.8 Å². The Hall–Kier alpha value is -2.28. The van der Waals surface area contributed by atoms with Crippen LogP contribution in [0.5, 0.6) is 0 Å². The highest BCUT2D eigenvalue weighted by Gasteiger charge is 2.46. The van der Waals surface area contributed by atoms with Crippen molar-refractivity contribution in [2.24, 2.45) is 17.4 Å². The molecule has 0 radical (unpaired) electrons. The van der Waals surface area contributed by atoms with E-state index < -0.39 is 22.2 Å². The standard InChI is InChI=1S/C18H24ClN7O4S/c1-10(2)9-31(27,28)25-14-8-30-15-13(7-29-16(14)15)23-17-12(19)5-20-18(24-17)22-11-4-21-26(3)6-11/h4-6,10,13,15-16H,7-9H2,1-3H3,(H2,20,22,23,24)/b25-14-/t13-,15?,16?/m1/s1. The fourth-order valence-corrected chi connectivity index (χ4v) is 5.10. The highest BCUT2D eigenvalue weighted by atomic mass is 35.5. The van der Waals surface area contributed by atoms with Gasteiger partial charge in [0, 0.05) is 13.2 Å². The van der Waals surface area contributed by atoms with Gasteiger partial charge in [0.25, 0.3) is 10.0 Å². The normalized spacial score (nSPS) is 24.7. The fourth-order valence-electron chi connectivity index (χ4n) is 3.52. The lowest BCUT2D eigenvalue weighted by Gasteiger charge is -2.18. The van der Waals surface area contributed by atoms with E-state index in [4.69, 9.17) is 21.1 Å². The van der Waals surface area contributed by atoms with Gasteiger partial charge in [-0.05, 0) is 5.92 Å². The average Bonchev–Trinajstić information content (AvgIpc) is 3.36. The smallest absolute Gasteiger partial charge is 0.253 e. The minimum atomic E-state index is -3.57. The molecule has 2 aromatic heterocycles. The van der Waals surface area contributed by atoms with Gasteiger partial charge in [0.15, 0.2) is 5.82 Å². The van der Waals surface area contributed by atoms with Crippen LogP contribution in [0, 0.1) is 5.92 Å². The lowest BCUT2D eigenvalue weighted by atomic mass is 10.1. The molecule has 2 N–H and O–H groups in total. The third kappa shape index (κ3) is 5.14. The van der Waals surface area contributed by atoms with Crippen molar-refractivity contribution >= 4 is 44.8 Å². The maximum atomic E-state index is 12.2. The van der Waals surface area contributed by atoms with Crippen molar-refractivity contribution < 1.29 is 17.9 Å². The summed E-state index contributed by atoms with van der Waals surface area (Å²) in [5.74, 6) is 0.739. The zero-order valence-electron chi connectivity index (χ0n) is 17.3. The van der Waals surface area contributed by atoms with Crippen molar-refractivity contribution in [3.05, 3.63) is 23.6 Å². The fraction of sp³-hybridized carbons (Fsp3) is 0.556. The quantitative estimate of drug-likeness (QED) is 0.620. The highest BCUT2D eigenvalue weighted by molar-refractivity contribution is 7.90. The minimum Gasteiger partial charge on any atom is -0.367 e. The topological polar surface area (TPSA) is 133 Å². The second-order valence-corrected chi connectivity index (χ2v) is 10.0. The van der Waals surface area contributed by atoms with E-state index in [2.05, 4.69) is 30.1 Å². The number of aromatic nitrogens is 4. The van der Waals surface area contributed by atoms with Crippen LogP contribution in [0.15, 0.2) is 23.0 Å². The molecule has 0 spiro atoms. The molecule has 2 aliphatic rings. The molecule has 13 heteroatoms. The molecule has 0 aliphatic carbocycles. The van der Waals surface area contributed by atoms with Crippen LogP contribution in [0.25, 0.3) is 0 Å². The molecule has 0 aromatic carbocycles. The second kappa shape index (κ2) is 8.69. The molecule has 2 saturated heterocycles. The number of sulfonamides is 1. The Bertz CT molecular complexity index is 1090. The number of fused-ring (bicyclic) bond motifs is 1. The summed E-state index contributed by atoms with van der Waals surface area (Å²) in [6.45, 7) is 4.07. The van der Waals surface area contributed by atoms with Gasteiger partial charge in [0.2, 0.25) is 5.95 Å². The predicted octanol–water partition coefficient (Wildman–Crippen LogP) is 1.61. The van der Waals surface area contributed by atoms with E-state index in [1.54, 1.807) is 17.1 Å². The number of aryl methyl sites for hydroxylation is 1. The Morgan fingerprint density at radius 3 is 2.87 bits per heavy atom. The summed E-state index contributed by atoms with van der Waals surface area (Å²) in [7, 11) is -1.76. The first-order valence-electron chi connectivity index (χ1n) is 9.79. The number of ether oxygens (including phenoxy) is 2. The van der Waals surface area contributed by atoms with E-state index in [9.17, 15) is 8.42 Å². The van der Waals surface area contributed by atoms with Crippen molar-refractivity contribution in [1.82, 2.24) is 19.7 Å². The highest BCUT2D eigenvalue weighted by Crippen LogP contribution is 2.30. The molecule has 0 bridgehead atoms. The van der Waals surface area contributed by atoms with E-state index in [0.717, 1.165) is 5.69 Å². The summed E-state index contributed by atoms with van der Waals surface area (Å²) in [4.78, 5) is 8.61. The van der Waals surface area contributed by atoms with Crippen LogP contribution in [0.4, 0.5) is 17.5 Å². The largest absolute Gasteiger partial charge is 0.367 e. The second-order valence-electron chi connectivity index (χ2n) is 7.92. The molecule has 11 nitrogen and oxygen atoms in total. The summed E-state index contributed by atoms with van der Waals surface area (Å²) in [6.07, 6.45) is 4.02. The first kappa shape index (κ1) is 21.9. The zero-order valence-corrected chi connectivity index (χ0v) is 18.9. The van der Waals surface area contributed by atoms with Gasteiger partial charge in [-0.1, -0.05) is 25.4 Å². The van der Waals surface area contributed by atoms with Crippen LogP contribution >= 0.6 is 11.6 Å². The van der Waals surface area contributed by atoms with Gasteiger partial charge in [0.05, 0.1) is 48.8 Å². The Morgan fingerprint density at radius 2 is 2.16 bits per heavy atom. The van der Waals surface area contributed by atoms with E-state index in [-0.39, 0.29) is 24.3 Å². The maximum Gasteiger partial charge on any atom is 0.253 e. The molecule has 2 fully saturated rings. The van der Waals surface area contributed by atoms with Crippen molar-refractivity contribution in [2.45, 2.75) is 32.1 Å². The maximum absolute atomic E-state index is 12.2. The molecule has 2 unspecified atom stereocenters. The Labute approximate surface area is 185 Å². The lowest BCUT2D eigenvalue weighted by Crippen LogP contribution is -2.35. The van der Waals surface area contributed by atoms with Crippen molar-refractivity contribution in [3.63, 3.8) is 0 Å². The van der Waals surface area contributed by atoms with Crippen molar-refractivity contribution in [2.75, 3.05) is 29.6 Å². The van der Waals surface area contributed by atoms with E-state index >= 15 is 0 Å². The molecule has 0 amide bonds. The molecule has 2 aromatic rings. The van der Waals surface area contributed by atoms with Crippen LogP contribution in [-0.4, -0.2) is 71.1 Å². The molecule has 4 rings (SSSR count). The van der Waals surface area contributed by atoms with Gasteiger partial charge >= 0.3 is 0 Å². The van der Waals surface area contributed by atoms with Crippen LogP contribution in [-0.2, 0) is 26.5 Å². The molecule has 4 heterocycles. The first-order valence-corrected chi connectivity index (χ1v) is 11.8. The molecular weight excluding hydrogens is 446 g/mol. The number of hydrogen-bond acceptors (Lipinski definition) is 9. The van der Waals surface area contributed by atoms with Gasteiger partial charge in [-0.3, -0.25) is 4.68 Å². The Balaban J connectivity index is 1.46. The summed E-state index contributed by atoms with van der Waals surface area (Å²) < 4.78 is 41.7. The monoisotopic (exact) mass is 469 g/mol. The summed E-state index contributed by atoms with van der Waals surface area (Å²) >= 11 is 6.27. The molecule has 31 heavy (non-hydrogen) atoms. The minimum absolute atomic E-state index is 0.0132. The molecule has 3 atom stereocenters. The van der Waals surface area contributed by atoms with Gasteiger partial charge < -0.3 is 20.1 Å². The number of hydrogen-bond donors (Lipinski definition) is 2. The number of halogens is 1. The van der Waals surface area contributed by atoms with Crippen LogP contribution < -0.4 is 10.6 Å². The van der Waals surface area contributed by atoms with E-state index in [1.165, 1.54) is 6.20 Å².